The van der Waals surface area contributed by atoms with E-state index < -0.39 is 10.3 Å². The molecule has 0 unspecified atom stereocenters. The number of hydrogen-bond acceptors (Lipinski definition) is 5. The van der Waals surface area contributed by atoms with Crippen molar-refractivity contribution >= 4 is 5.69 Å². The Morgan fingerprint density at radius 2 is 2.10 bits per heavy atom. The van der Waals surface area contributed by atoms with Crippen molar-refractivity contribution in [2.75, 3.05) is 27.2 Å². The summed E-state index contributed by atoms with van der Waals surface area (Å²) in [4.78, 5) is 12.8. The number of nitriles is 1. The van der Waals surface area contributed by atoms with Crippen LogP contribution in [0.2, 0.25) is 0 Å². The van der Waals surface area contributed by atoms with Crippen molar-refractivity contribution in [3.05, 3.63) is 33.9 Å². The van der Waals surface area contributed by atoms with Crippen LogP contribution < -0.4 is 4.74 Å². The van der Waals surface area contributed by atoms with Crippen LogP contribution in [0.5, 0.6) is 5.75 Å². The molecule has 0 saturated carbocycles. The summed E-state index contributed by atoms with van der Waals surface area (Å²) in [5.74, 6) is 0.212. The van der Waals surface area contributed by atoms with Crippen LogP contribution >= 0.6 is 0 Å². The predicted molar refractivity (Wildman–Crippen MR) is 73.7 cm³/mol. The van der Waals surface area contributed by atoms with Crippen LogP contribution in [0.15, 0.2) is 18.2 Å². The molecule has 20 heavy (non-hydrogen) atoms. The largest absolute Gasteiger partial charge is 0.490 e. The number of piperidine rings is 1. The van der Waals surface area contributed by atoms with Gasteiger partial charge in [0.25, 0.3) is 0 Å². The van der Waals surface area contributed by atoms with Crippen molar-refractivity contribution in [3.63, 3.8) is 0 Å². The standard InChI is InChI=1S/C14H17N3O3/c1-16-8-6-14(10-15,7-9-16)11-4-3-5-12(17(18)19)13(11)20-2/h3-5H,6-9H2,1-2H3. The van der Waals surface area contributed by atoms with Gasteiger partial charge in [0.1, 0.15) is 0 Å². The fourth-order valence-electron chi connectivity index (χ4n) is 2.70. The van der Waals surface area contributed by atoms with Crippen molar-refractivity contribution in [2.45, 2.75) is 18.3 Å². The van der Waals surface area contributed by atoms with Crippen molar-refractivity contribution in [1.29, 1.82) is 5.26 Å². The smallest absolute Gasteiger partial charge is 0.311 e. The van der Waals surface area contributed by atoms with Gasteiger partial charge in [-0.05, 0) is 33.0 Å². The van der Waals surface area contributed by atoms with E-state index in [0.717, 1.165) is 13.1 Å². The number of para-hydroxylation sites is 1. The van der Waals surface area contributed by atoms with E-state index in [-0.39, 0.29) is 11.4 Å². The van der Waals surface area contributed by atoms with Crippen molar-refractivity contribution in [1.82, 2.24) is 4.90 Å². The summed E-state index contributed by atoms with van der Waals surface area (Å²) < 4.78 is 5.24. The summed E-state index contributed by atoms with van der Waals surface area (Å²) in [6, 6.07) is 7.15. The number of benzene rings is 1. The van der Waals surface area contributed by atoms with Crippen LogP contribution in [-0.4, -0.2) is 37.1 Å². The molecule has 0 atom stereocenters. The second-order valence-electron chi connectivity index (χ2n) is 5.11. The van der Waals surface area contributed by atoms with Crippen LogP contribution in [-0.2, 0) is 5.41 Å². The molecule has 0 radical (unpaired) electrons. The van der Waals surface area contributed by atoms with E-state index in [1.807, 2.05) is 7.05 Å². The van der Waals surface area contributed by atoms with E-state index in [9.17, 15) is 15.4 Å². The van der Waals surface area contributed by atoms with E-state index in [0.29, 0.717) is 18.4 Å². The van der Waals surface area contributed by atoms with Gasteiger partial charge in [0.2, 0.25) is 5.75 Å². The molecule has 6 nitrogen and oxygen atoms in total. The highest BCUT2D eigenvalue weighted by atomic mass is 16.6. The zero-order valence-electron chi connectivity index (χ0n) is 11.6. The lowest BCUT2D eigenvalue weighted by molar-refractivity contribution is -0.385. The highest BCUT2D eigenvalue weighted by Gasteiger charge is 2.39. The van der Waals surface area contributed by atoms with Gasteiger partial charge < -0.3 is 9.64 Å². The second-order valence-corrected chi connectivity index (χ2v) is 5.11. The Morgan fingerprint density at radius 1 is 1.45 bits per heavy atom. The molecule has 0 spiro atoms. The molecular formula is C14H17N3O3. The average molecular weight is 275 g/mol. The zero-order valence-corrected chi connectivity index (χ0v) is 11.6. The molecule has 6 heteroatoms. The Morgan fingerprint density at radius 3 is 2.60 bits per heavy atom. The van der Waals surface area contributed by atoms with E-state index in [1.165, 1.54) is 13.2 Å². The molecule has 0 N–H and O–H groups in total. The lowest BCUT2D eigenvalue weighted by atomic mass is 9.73. The summed E-state index contributed by atoms with van der Waals surface area (Å²) in [6.07, 6.45) is 1.30. The third kappa shape index (κ3) is 2.32. The summed E-state index contributed by atoms with van der Waals surface area (Å²) in [6.45, 7) is 1.58. The van der Waals surface area contributed by atoms with E-state index in [1.54, 1.807) is 12.1 Å². The van der Waals surface area contributed by atoms with Gasteiger partial charge in [0, 0.05) is 11.6 Å². The maximum atomic E-state index is 11.1. The molecule has 1 saturated heterocycles. The highest BCUT2D eigenvalue weighted by Crippen LogP contribution is 2.43. The fourth-order valence-corrected chi connectivity index (χ4v) is 2.70. The molecule has 0 amide bonds. The van der Waals surface area contributed by atoms with Crippen molar-refractivity contribution in [3.8, 4) is 11.8 Å². The van der Waals surface area contributed by atoms with Crippen LogP contribution in [0.1, 0.15) is 18.4 Å². The molecule has 1 aliphatic heterocycles. The lowest BCUT2D eigenvalue weighted by Gasteiger charge is -2.36. The van der Waals surface area contributed by atoms with Gasteiger partial charge in [-0.3, -0.25) is 10.1 Å². The first kappa shape index (κ1) is 14.3. The quantitative estimate of drug-likeness (QED) is 0.623. The maximum absolute atomic E-state index is 11.1. The van der Waals surface area contributed by atoms with Gasteiger partial charge in [-0.15, -0.1) is 0 Å². The summed E-state index contributed by atoms with van der Waals surface area (Å²) in [5, 5.41) is 20.7. The SMILES string of the molecule is COc1c([N+](=O)[O-])cccc1C1(C#N)CCN(C)CC1. The Labute approximate surface area is 117 Å². The first-order valence-electron chi connectivity index (χ1n) is 6.46. The van der Waals surface area contributed by atoms with Crippen LogP contribution in [0.3, 0.4) is 0 Å². The normalized spacial score (nSPS) is 18.2. The Bertz CT molecular complexity index is 557. The van der Waals surface area contributed by atoms with Gasteiger partial charge in [-0.2, -0.15) is 5.26 Å². The van der Waals surface area contributed by atoms with Crippen molar-refractivity contribution < 1.29 is 9.66 Å². The zero-order chi connectivity index (χ0) is 14.8. The second kappa shape index (κ2) is 5.47. The number of methoxy groups -OCH3 is 1. The summed E-state index contributed by atoms with van der Waals surface area (Å²) in [7, 11) is 3.41. The number of likely N-dealkylation sites (tertiary alicyclic amines) is 1. The Kier molecular flexibility index (Phi) is 3.91. The van der Waals surface area contributed by atoms with Crippen molar-refractivity contribution in [2.24, 2.45) is 0 Å². The third-order valence-electron chi connectivity index (χ3n) is 3.97. The first-order valence-corrected chi connectivity index (χ1v) is 6.46. The minimum absolute atomic E-state index is 0.0847. The molecule has 1 aliphatic rings. The van der Waals surface area contributed by atoms with Gasteiger partial charge >= 0.3 is 5.69 Å². The topological polar surface area (TPSA) is 79.4 Å². The molecule has 2 rings (SSSR count). The lowest BCUT2D eigenvalue weighted by Crippen LogP contribution is -2.40. The van der Waals surface area contributed by atoms with Crippen LogP contribution in [0.4, 0.5) is 5.69 Å². The molecule has 0 bridgehead atoms. The number of ether oxygens (including phenoxy) is 1. The van der Waals surface area contributed by atoms with Gasteiger partial charge in [-0.1, -0.05) is 12.1 Å². The molecule has 0 aliphatic carbocycles. The van der Waals surface area contributed by atoms with E-state index >= 15 is 0 Å². The molecule has 0 aromatic heterocycles. The van der Waals surface area contributed by atoms with Gasteiger partial charge in [-0.25, -0.2) is 0 Å². The monoisotopic (exact) mass is 275 g/mol. The number of nitro groups is 1. The summed E-state index contributed by atoms with van der Waals surface area (Å²) in [5.41, 5.74) is -0.160. The Hall–Kier alpha value is -2.13. The first-order chi connectivity index (χ1) is 9.54. The van der Waals surface area contributed by atoms with Crippen LogP contribution in [0.25, 0.3) is 0 Å². The molecule has 1 heterocycles. The third-order valence-corrected chi connectivity index (χ3v) is 3.97. The van der Waals surface area contributed by atoms with Crippen LogP contribution in [0, 0.1) is 21.4 Å². The summed E-state index contributed by atoms with van der Waals surface area (Å²) >= 11 is 0. The van der Waals surface area contributed by atoms with Gasteiger partial charge in [0.15, 0.2) is 0 Å². The number of rotatable bonds is 3. The Balaban J connectivity index is 2.53. The van der Waals surface area contributed by atoms with E-state index in [4.69, 9.17) is 4.74 Å². The molecular weight excluding hydrogens is 258 g/mol. The number of nitrogens with zero attached hydrogens (tertiary/aromatic N) is 3. The minimum Gasteiger partial charge on any atom is -0.490 e. The molecule has 1 aromatic rings. The average Bonchev–Trinajstić information content (AvgIpc) is 2.47. The molecule has 106 valence electrons. The predicted octanol–water partition coefficient (Wildman–Crippen LogP) is 2.09. The van der Waals surface area contributed by atoms with Gasteiger partial charge in [0.05, 0.1) is 23.5 Å². The fraction of sp³-hybridized carbons (Fsp3) is 0.500. The molecule has 1 fully saturated rings. The number of hydrogen-bond donors (Lipinski definition) is 0. The highest BCUT2D eigenvalue weighted by molar-refractivity contribution is 5.56. The maximum Gasteiger partial charge on any atom is 0.311 e. The number of nitro benzene ring substituents is 1. The minimum atomic E-state index is -0.704. The molecule has 1 aromatic carbocycles. The van der Waals surface area contributed by atoms with E-state index in [2.05, 4.69) is 11.0 Å².